The Morgan fingerprint density at radius 2 is 2.10 bits per heavy atom. The lowest BCUT2D eigenvalue weighted by Gasteiger charge is -2.15. The number of carbonyl (C=O) groups excluding carboxylic acids is 1. The van der Waals surface area contributed by atoms with E-state index in [-0.39, 0.29) is 18.5 Å². The van der Waals surface area contributed by atoms with Gasteiger partial charge in [-0.25, -0.2) is 9.78 Å². The van der Waals surface area contributed by atoms with E-state index in [0.717, 1.165) is 10.6 Å². The minimum Gasteiger partial charge on any atom is -0.481 e. The van der Waals surface area contributed by atoms with E-state index in [2.05, 4.69) is 15.6 Å². The summed E-state index contributed by atoms with van der Waals surface area (Å²) in [4.78, 5) is 27.8. The van der Waals surface area contributed by atoms with E-state index in [1.165, 1.54) is 11.3 Å². The number of aliphatic carboxylic acids is 1. The third-order valence-electron chi connectivity index (χ3n) is 2.87. The molecule has 3 N–H and O–H groups in total. The third-order valence-corrected chi connectivity index (χ3v) is 3.80. The van der Waals surface area contributed by atoms with Crippen molar-refractivity contribution in [2.24, 2.45) is 11.8 Å². The second-order valence-corrected chi connectivity index (χ2v) is 6.03. The van der Waals surface area contributed by atoms with Crippen molar-refractivity contribution in [3.63, 3.8) is 0 Å². The van der Waals surface area contributed by atoms with Crippen molar-refractivity contribution in [1.29, 1.82) is 0 Å². The van der Waals surface area contributed by atoms with Gasteiger partial charge in [0.25, 0.3) is 0 Å². The maximum absolute atomic E-state index is 11.6. The number of nitrogens with one attached hydrogen (secondary N) is 2. The van der Waals surface area contributed by atoms with Crippen LogP contribution in [0.5, 0.6) is 0 Å². The molecular weight excluding hydrogens is 278 g/mol. The molecule has 0 saturated heterocycles. The standard InChI is InChI=1S/C13H21N3O3S/c1-8(2)4-10(12(17)18)5-14-13(19)15-6-11-9(3)16-7-20-11/h7-8,10H,4-6H2,1-3H3,(H,17,18)(H2,14,15,19). The van der Waals surface area contributed by atoms with Gasteiger partial charge < -0.3 is 15.7 Å². The average molecular weight is 299 g/mol. The summed E-state index contributed by atoms with van der Waals surface area (Å²) in [5.41, 5.74) is 2.63. The molecule has 2 amide bonds. The van der Waals surface area contributed by atoms with Crippen LogP contribution in [-0.2, 0) is 11.3 Å². The zero-order valence-electron chi connectivity index (χ0n) is 12.0. The number of carbonyl (C=O) groups is 2. The van der Waals surface area contributed by atoms with E-state index < -0.39 is 11.9 Å². The lowest BCUT2D eigenvalue weighted by molar-refractivity contribution is -0.142. The normalized spacial score (nSPS) is 12.2. The summed E-state index contributed by atoms with van der Waals surface area (Å²) in [7, 11) is 0. The highest BCUT2D eigenvalue weighted by atomic mass is 32.1. The molecule has 1 aromatic heterocycles. The van der Waals surface area contributed by atoms with Crippen molar-refractivity contribution in [3.05, 3.63) is 16.1 Å². The number of carboxylic acids is 1. The number of hydrogen-bond acceptors (Lipinski definition) is 4. The summed E-state index contributed by atoms with van der Waals surface area (Å²) in [6.45, 7) is 6.35. The van der Waals surface area contributed by atoms with Crippen LogP contribution in [0.2, 0.25) is 0 Å². The van der Waals surface area contributed by atoms with Gasteiger partial charge in [0.2, 0.25) is 0 Å². The van der Waals surface area contributed by atoms with Crippen molar-refractivity contribution in [1.82, 2.24) is 15.6 Å². The molecule has 0 saturated carbocycles. The van der Waals surface area contributed by atoms with Crippen LogP contribution in [0.3, 0.4) is 0 Å². The topological polar surface area (TPSA) is 91.3 Å². The molecule has 1 atom stereocenters. The third kappa shape index (κ3) is 5.56. The number of carboxylic acid groups (broad SMARTS) is 1. The molecule has 0 aliphatic rings. The minimum absolute atomic E-state index is 0.140. The quantitative estimate of drug-likeness (QED) is 0.718. The Hall–Kier alpha value is -1.63. The number of thiazole rings is 1. The zero-order chi connectivity index (χ0) is 15.1. The second-order valence-electron chi connectivity index (χ2n) is 5.09. The van der Waals surface area contributed by atoms with Gasteiger partial charge in [-0.3, -0.25) is 4.79 Å². The van der Waals surface area contributed by atoms with Gasteiger partial charge in [-0.15, -0.1) is 11.3 Å². The summed E-state index contributed by atoms with van der Waals surface area (Å²) >= 11 is 1.48. The molecule has 0 aromatic carbocycles. The van der Waals surface area contributed by atoms with Crippen molar-refractivity contribution in [2.45, 2.75) is 33.7 Å². The lowest BCUT2D eigenvalue weighted by atomic mass is 9.97. The van der Waals surface area contributed by atoms with Gasteiger partial charge in [-0.1, -0.05) is 13.8 Å². The van der Waals surface area contributed by atoms with Gasteiger partial charge >= 0.3 is 12.0 Å². The highest BCUT2D eigenvalue weighted by Crippen LogP contribution is 2.12. The predicted octanol–water partition coefficient (Wildman–Crippen LogP) is 2.00. The van der Waals surface area contributed by atoms with Gasteiger partial charge in [-0.05, 0) is 19.3 Å². The Balaban J connectivity index is 2.34. The fourth-order valence-corrected chi connectivity index (χ4v) is 2.49. The number of aryl methyl sites for hydroxylation is 1. The molecule has 7 heteroatoms. The first-order valence-electron chi connectivity index (χ1n) is 6.53. The van der Waals surface area contributed by atoms with Crippen LogP contribution < -0.4 is 10.6 Å². The Morgan fingerprint density at radius 3 is 2.60 bits per heavy atom. The molecule has 0 aliphatic heterocycles. The molecule has 1 unspecified atom stereocenters. The van der Waals surface area contributed by atoms with E-state index >= 15 is 0 Å². The Labute approximate surface area is 122 Å². The van der Waals surface area contributed by atoms with Crippen molar-refractivity contribution in [2.75, 3.05) is 6.54 Å². The Bertz CT molecular complexity index is 459. The van der Waals surface area contributed by atoms with Gasteiger partial charge in [0.05, 0.1) is 23.7 Å². The van der Waals surface area contributed by atoms with Crippen LogP contribution >= 0.6 is 11.3 Å². The SMILES string of the molecule is Cc1ncsc1CNC(=O)NCC(CC(C)C)C(=O)O. The highest BCUT2D eigenvalue weighted by Gasteiger charge is 2.19. The lowest BCUT2D eigenvalue weighted by Crippen LogP contribution is -2.39. The fraction of sp³-hybridized carbons (Fsp3) is 0.615. The van der Waals surface area contributed by atoms with Crippen LogP contribution in [0.25, 0.3) is 0 Å². The summed E-state index contributed by atoms with van der Waals surface area (Å²) in [5, 5.41) is 14.4. The first-order valence-corrected chi connectivity index (χ1v) is 7.41. The van der Waals surface area contributed by atoms with Gasteiger partial charge in [0, 0.05) is 11.4 Å². The molecule has 0 bridgehead atoms. The predicted molar refractivity (Wildman–Crippen MR) is 77.7 cm³/mol. The monoisotopic (exact) mass is 299 g/mol. The van der Waals surface area contributed by atoms with Crippen LogP contribution in [0.15, 0.2) is 5.51 Å². The van der Waals surface area contributed by atoms with Crippen molar-refractivity contribution < 1.29 is 14.7 Å². The van der Waals surface area contributed by atoms with E-state index in [4.69, 9.17) is 5.11 Å². The average Bonchev–Trinajstić information content (AvgIpc) is 2.76. The number of hydrogen-bond donors (Lipinski definition) is 3. The fourth-order valence-electron chi connectivity index (χ4n) is 1.78. The van der Waals surface area contributed by atoms with Crippen LogP contribution in [0, 0.1) is 18.8 Å². The van der Waals surface area contributed by atoms with Crippen molar-refractivity contribution in [3.8, 4) is 0 Å². The molecule has 0 fully saturated rings. The zero-order valence-corrected chi connectivity index (χ0v) is 12.8. The summed E-state index contributed by atoms with van der Waals surface area (Å²) in [6.07, 6.45) is 0.545. The van der Waals surface area contributed by atoms with Crippen molar-refractivity contribution >= 4 is 23.3 Å². The van der Waals surface area contributed by atoms with E-state index in [0.29, 0.717) is 13.0 Å². The van der Waals surface area contributed by atoms with E-state index in [1.807, 2.05) is 20.8 Å². The van der Waals surface area contributed by atoms with E-state index in [1.54, 1.807) is 5.51 Å². The Kier molecular flexibility index (Phi) is 6.44. The molecular formula is C13H21N3O3S. The molecule has 1 heterocycles. The second kappa shape index (κ2) is 7.84. The number of aromatic nitrogens is 1. The maximum atomic E-state index is 11.6. The number of urea groups is 1. The molecule has 0 radical (unpaired) electrons. The molecule has 0 spiro atoms. The molecule has 1 aromatic rings. The van der Waals surface area contributed by atoms with Crippen LogP contribution in [0.1, 0.15) is 30.8 Å². The Morgan fingerprint density at radius 1 is 1.40 bits per heavy atom. The maximum Gasteiger partial charge on any atom is 0.315 e. The first-order chi connectivity index (χ1) is 9.40. The summed E-state index contributed by atoms with van der Waals surface area (Å²) in [6, 6.07) is -0.354. The molecule has 112 valence electrons. The molecule has 6 nitrogen and oxygen atoms in total. The van der Waals surface area contributed by atoms with Crippen LogP contribution in [0.4, 0.5) is 4.79 Å². The minimum atomic E-state index is -0.877. The number of amides is 2. The van der Waals surface area contributed by atoms with Gasteiger partial charge in [-0.2, -0.15) is 0 Å². The molecule has 1 rings (SSSR count). The largest absolute Gasteiger partial charge is 0.481 e. The highest BCUT2D eigenvalue weighted by molar-refractivity contribution is 7.09. The first kappa shape index (κ1) is 16.4. The summed E-state index contributed by atoms with van der Waals surface area (Å²) < 4.78 is 0. The number of rotatable bonds is 7. The van der Waals surface area contributed by atoms with E-state index in [9.17, 15) is 9.59 Å². The smallest absolute Gasteiger partial charge is 0.315 e. The van der Waals surface area contributed by atoms with Gasteiger partial charge in [0.1, 0.15) is 0 Å². The summed E-state index contributed by atoms with van der Waals surface area (Å²) in [5.74, 6) is -1.15. The molecule has 20 heavy (non-hydrogen) atoms. The van der Waals surface area contributed by atoms with Crippen LogP contribution in [-0.4, -0.2) is 28.6 Å². The van der Waals surface area contributed by atoms with Gasteiger partial charge in [0.15, 0.2) is 0 Å². The number of nitrogens with zero attached hydrogens (tertiary/aromatic N) is 1. The molecule has 0 aliphatic carbocycles.